The van der Waals surface area contributed by atoms with Gasteiger partial charge in [0, 0.05) is 30.9 Å². The topological polar surface area (TPSA) is 42.7 Å². The first-order valence-corrected chi connectivity index (χ1v) is 10.1. The Kier molecular flexibility index (Phi) is 4.42. The molecule has 2 aliphatic heterocycles. The van der Waals surface area contributed by atoms with E-state index < -0.39 is 5.72 Å². The molecule has 5 nitrogen and oxygen atoms in total. The normalized spacial score (nSPS) is 22.0. The Labute approximate surface area is 175 Å². The minimum atomic E-state index is -0.717. The van der Waals surface area contributed by atoms with Crippen molar-refractivity contribution >= 4 is 11.9 Å². The molecule has 0 radical (unpaired) electrons. The SMILES string of the molecule is Cc1cn(-c2ccc(/C=C3\CCCN4C3=NOC4(C)c3ccc(F)cc3)cc2)cn1. The maximum absolute atomic E-state index is 13.4. The predicted octanol–water partition coefficient (Wildman–Crippen LogP) is 5.02. The Morgan fingerprint density at radius 3 is 2.57 bits per heavy atom. The second-order valence-corrected chi connectivity index (χ2v) is 7.93. The van der Waals surface area contributed by atoms with Gasteiger partial charge in [-0.15, -0.1) is 0 Å². The summed E-state index contributed by atoms with van der Waals surface area (Å²) in [5.74, 6) is 0.609. The standard InChI is InChI=1S/C24H23FN4O/c1-17-15-28(16-26-17)22-11-5-18(6-12-22)14-19-4-3-13-29-23(19)27-30-24(29,2)20-7-9-21(25)10-8-20/h5-12,14-16H,3-4,13H2,1-2H3/b19-14+. The molecule has 0 spiro atoms. The van der Waals surface area contributed by atoms with Crippen LogP contribution < -0.4 is 0 Å². The van der Waals surface area contributed by atoms with E-state index in [2.05, 4.69) is 45.4 Å². The van der Waals surface area contributed by atoms with Crippen molar-refractivity contribution in [3.63, 3.8) is 0 Å². The molecule has 2 aliphatic rings. The number of aryl methyl sites for hydroxylation is 1. The van der Waals surface area contributed by atoms with Crippen molar-refractivity contribution in [2.24, 2.45) is 5.16 Å². The zero-order chi connectivity index (χ0) is 20.7. The van der Waals surface area contributed by atoms with Crippen LogP contribution >= 0.6 is 0 Å². The van der Waals surface area contributed by atoms with Crippen LogP contribution in [0.3, 0.4) is 0 Å². The monoisotopic (exact) mass is 402 g/mol. The molecule has 3 heterocycles. The molecule has 0 amide bonds. The van der Waals surface area contributed by atoms with Gasteiger partial charge in [0.25, 0.3) is 0 Å². The number of rotatable bonds is 3. The highest BCUT2D eigenvalue weighted by atomic mass is 19.1. The molecule has 1 fully saturated rings. The number of benzene rings is 2. The first-order valence-electron chi connectivity index (χ1n) is 10.1. The number of aromatic nitrogens is 2. The summed E-state index contributed by atoms with van der Waals surface area (Å²) in [6, 6.07) is 14.8. The molecule has 1 saturated heterocycles. The minimum Gasteiger partial charge on any atom is -0.360 e. The van der Waals surface area contributed by atoms with Crippen molar-refractivity contribution in [3.05, 3.63) is 89.3 Å². The third-order valence-electron chi connectivity index (χ3n) is 5.82. The lowest BCUT2D eigenvalue weighted by Crippen LogP contribution is -2.46. The van der Waals surface area contributed by atoms with Gasteiger partial charge in [-0.05, 0) is 61.2 Å². The maximum atomic E-state index is 13.4. The lowest BCUT2D eigenvalue weighted by molar-refractivity contribution is -0.0913. The highest BCUT2D eigenvalue weighted by Gasteiger charge is 2.45. The highest BCUT2D eigenvalue weighted by molar-refractivity contribution is 6.03. The number of hydrogen-bond acceptors (Lipinski definition) is 4. The molecule has 0 saturated carbocycles. The van der Waals surface area contributed by atoms with Gasteiger partial charge in [-0.25, -0.2) is 9.37 Å². The molecule has 2 aromatic carbocycles. The lowest BCUT2D eigenvalue weighted by Gasteiger charge is -2.37. The number of halogens is 1. The van der Waals surface area contributed by atoms with E-state index in [1.165, 1.54) is 12.1 Å². The van der Waals surface area contributed by atoms with Crippen LogP contribution in [0.1, 0.15) is 36.6 Å². The molecule has 3 aromatic rings. The number of oxime groups is 1. The Balaban J connectivity index is 1.41. The van der Waals surface area contributed by atoms with E-state index in [0.717, 1.165) is 53.3 Å². The molecule has 0 aliphatic carbocycles. The molecule has 1 unspecified atom stereocenters. The molecular formula is C24H23FN4O. The molecule has 0 N–H and O–H groups in total. The first kappa shape index (κ1) is 18.6. The maximum Gasteiger partial charge on any atom is 0.234 e. The zero-order valence-electron chi connectivity index (χ0n) is 17.0. The van der Waals surface area contributed by atoms with Crippen LogP contribution in [0.25, 0.3) is 11.8 Å². The predicted molar refractivity (Wildman–Crippen MR) is 114 cm³/mol. The molecule has 30 heavy (non-hydrogen) atoms. The molecular weight excluding hydrogens is 379 g/mol. The summed E-state index contributed by atoms with van der Waals surface area (Å²) in [6.45, 7) is 4.82. The van der Waals surface area contributed by atoms with Gasteiger partial charge in [0.2, 0.25) is 5.72 Å². The van der Waals surface area contributed by atoms with E-state index in [0.29, 0.717) is 0 Å². The Morgan fingerprint density at radius 1 is 1.10 bits per heavy atom. The average molecular weight is 402 g/mol. The van der Waals surface area contributed by atoms with Gasteiger partial charge in [-0.2, -0.15) is 0 Å². The summed E-state index contributed by atoms with van der Waals surface area (Å²) < 4.78 is 15.4. The van der Waals surface area contributed by atoms with Gasteiger partial charge < -0.3 is 14.3 Å². The number of hydrogen-bond donors (Lipinski definition) is 0. The summed E-state index contributed by atoms with van der Waals surface area (Å²) in [5.41, 5.74) is 4.51. The quantitative estimate of drug-likeness (QED) is 0.618. The number of fused-ring (bicyclic) bond motifs is 1. The van der Waals surface area contributed by atoms with Crippen LogP contribution in [0.2, 0.25) is 0 Å². The number of amidine groups is 1. The van der Waals surface area contributed by atoms with Gasteiger partial charge in [-0.3, -0.25) is 0 Å². The molecule has 5 rings (SSSR count). The summed E-state index contributed by atoms with van der Waals surface area (Å²) in [7, 11) is 0. The molecule has 152 valence electrons. The fraction of sp³-hybridized carbons (Fsp3) is 0.250. The van der Waals surface area contributed by atoms with E-state index in [1.54, 1.807) is 12.1 Å². The van der Waals surface area contributed by atoms with Gasteiger partial charge in [0.1, 0.15) is 5.82 Å². The van der Waals surface area contributed by atoms with Crippen LogP contribution in [-0.2, 0) is 10.6 Å². The van der Waals surface area contributed by atoms with E-state index in [4.69, 9.17) is 4.84 Å². The number of nitrogens with zero attached hydrogens (tertiary/aromatic N) is 4. The minimum absolute atomic E-state index is 0.255. The van der Waals surface area contributed by atoms with Crippen LogP contribution in [0.5, 0.6) is 0 Å². The Hall–Kier alpha value is -3.41. The largest absolute Gasteiger partial charge is 0.360 e. The van der Waals surface area contributed by atoms with Gasteiger partial charge in [-0.1, -0.05) is 29.4 Å². The van der Waals surface area contributed by atoms with E-state index in [9.17, 15) is 4.39 Å². The van der Waals surface area contributed by atoms with E-state index >= 15 is 0 Å². The summed E-state index contributed by atoms with van der Waals surface area (Å²) in [6.07, 6.45) is 7.96. The second-order valence-electron chi connectivity index (χ2n) is 7.93. The van der Waals surface area contributed by atoms with Crippen molar-refractivity contribution in [1.82, 2.24) is 14.5 Å². The van der Waals surface area contributed by atoms with Gasteiger partial charge in [0.05, 0.1) is 12.0 Å². The summed E-state index contributed by atoms with van der Waals surface area (Å²) in [5, 5.41) is 4.42. The Morgan fingerprint density at radius 2 is 1.87 bits per heavy atom. The molecule has 1 atom stereocenters. The van der Waals surface area contributed by atoms with E-state index in [-0.39, 0.29) is 5.82 Å². The van der Waals surface area contributed by atoms with Crippen LogP contribution in [-0.4, -0.2) is 26.8 Å². The zero-order valence-corrected chi connectivity index (χ0v) is 17.0. The third kappa shape index (κ3) is 3.18. The fourth-order valence-electron chi connectivity index (χ4n) is 4.13. The average Bonchev–Trinajstić information content (AvgIpc) is 3.34. The van der Waals surface area contributed by atoms with E-state index in [1.807, 2.05) is 30.9 Å². The second kappa shape index (κ2) is 7.13. The third-order valence-corrected chi connectivity index (χ3v) is 5.82. The highest BCUT2D eigenvalue weighted by Crippen LogP contribution is 2.40. The molecule has 6 heteroatoms. The van der Waals surface area contributed by atoms with Crippen LogP contribution in [0, 0.1) is 12.7 Å². The number of imidazole rings is 1. The van der Waals surface area contributed by atoms with Crippen molar-refractivity contribution in [2.45, 2.75) is 32.4 Å². The molecule has 1 aromatic heterocycles. The summed E-state index contributed by atoms with van der Waals surface area (Å²) >= 11 is 0. The van der Waals surface area contributed by atoms with Crippen molar-refractivity contribution < 1.29 is 9.23 Å². The van der Waals surface area contributed by atoms with Crippen LogP contribution in [0.4, 0.5) is 4.39 Å². The first-order chi connectivity index (χ1) is 14.5. The Bertz CT molecular complexity index is 1130. The van der Waals surface area contributed by atoms with Crippen molar-refractivity contribution in [1.29, 1.82) is 0 Å². The van der Waals surface area contributed by atoms with Crippen molar-refractivity contribution in [3.8, 4) is 5.69 Å². The van der Waals surface area contributed by atoms with Crippen molar-refractivity contribution in [2.75, 3.05) is 6.54 Å². The fourth-order valence-corrected chi connectivity index (χ4v) is 4.13. The van der Waals surface area contributed by atoms with Gasteiger partial charge in [0.15, 0.2) is 5.84 Å². The lowest BCUT2D eigenvalue weighted by atomic mass is 9.95. The van der Waals surface area contributed by atoms with Gasteiger partial charge >= 0.3 is 0 Å². The number of piperidine rings is 1. The smallest absolute Gasteiger partial charge is 0.234 e. The molecule has 0 bridgehead atoms. The van der Waals surface area contributed by atoms with Crippen LogP contribution in [0.15, 0.2) is 71.8 Å². The summed E-state index contributed by atoms with van der Waals surface area (Å²) in [4.78, 5) is 12.4.